The van der Waals surface area contributed by atoms with E-state index in [1.54, 1.807) is 0 Å². The van der Waals surface area contributed by atoms with E-state index in [-0.39, 0.29) is 0 Å². The summed E-state index contributed by atoms with van der Waals surface area (Å²) in [6, 6.07) is 0. The van der Waals surface area contributed by atoms with Crippen LogP contribution in [0.25, 0.3) is 0 Å². The Labute approximate surface area is 101 Å². The SMILES string of the molecule is CCNCCNCCOCCNCC(C)C. The van der Waals surface area contributed by atoms with Crippen molar-refractivity contribution in [2.24, 2.45) is 5.92 Å². The highest BCUT2D eigenvalue weighted by Gasteiger charge is 1.92. The van der Waals surface area contributed by atoms with Crippen LogP contribution < -0.4 is 16.0 Å². The van der Waals surface area contributed by atoms with Gasteiger partial charge in [0.05, 0.1) is 13.2 Å². The fraction of sp³-hybridized carbons (Fsp3) is 1.00. The maximum Gasteiger partial charge on any atom is 0.0591 e. The van der Waals surface area contributed by atoms with Crippen LogP contribution in [0.1, 0.15) is 20.8 Å². The summed E-state index contributed by atoms with van der Waals surface area (Å²) in [6.45, 7) is 14.2. The summed E-state index contributed by atoms with van der Waals surface area (Å²) in [5.74, 6) is 0.715. The second kappa shape index (κ2) is 12.9. The molecule has 0 fully saturated rings. The molecule has 0 saturated heterocycles. The highest BCUT2D eigenvalue weighted by atomic mass is 16.5. The van der Waals surface area contributed by atoms with Crippen LogP contribution in [0.5, 0.6) is 0 Å². The first kappa shape index (κ1) is 15.8. The largest absolute Gasteiger partial charge is 0.379 e. The zero-order valence-corrected chi connectivity index (χ0v) is 11.1. The first-order chi connectivity index (χ1) is 7.77. The minimum atomic E-state index is 0.715. The quantitative estimate of drug-likeness (QED) is 0.427. The third-order valence-electron chi connectivity index (χ3n) is 2.13. The predicted octanol–water partition coefficient (Wildman–Crippen LogP) is 0.448. The molecule has 3 N–H and O–H groups in total. The van der Waals surface area contributed by atoms with Gasteiger partial charge in [-0.15, -0.1) is 0 Å². The van der Waals surface area contributed by atoms with Crippen molar-refractivity contribution in [2.45, 2.75) is 20.8 Å². The van der Waals surface area contributed by atoms with Crippen LogP contribution in [0.15, 0.2) is 0 Å². The molecule has 0 amide bonds. The molecule has 0 spiro atoms. The van der Waals surface area contributed by atoms with Crippen LogP contribution in [0, 0.1) is 5.92 Å². The number of hydrogen-bond acceptors (Lipinski definition) is 4. The third kappa shape index (κ3) is 13.8. The van der Waals surface area contributed by atoms with Crippen molar-refractivity contribution < 1.29 is 4.74 Å². The average molecular weight is 231 g/mol. The Hall–Kier alpha value is -0.160. The standard InChI is InChI=1S/C12H29N3O/c1-4-13-5-6-14-7-9-16-10-8-15-11-12(2)3/h12-15H,4-11H2,1-3H3. The lowest BCUT2D eigenvalue weighted by Crippen LogP contribution is -2.30. The molecule has 0 aromatic carbocycles. The van der Waals surface area contributed by atoms with Crippen molar-refractivity contribution >= 4 is 0 Å². The topological polar surface area (TPSA) is 45.3 Å². The molecule has 0 aromatic rings. The smallest absolute Gasteiger partial charge is 0.0591 e. The Balaban J connectivity index is 2.88. The molecule has 4 nitrogen and oxygen atoms in total. The van der Waals surface area contributed by atoms with Gasteiger partial charge in [-0.3, -0.25) is 0 Å². The molecule has 0 bridgehead atoms. The Kier molecular flexibility index (Phi) is 12.8. The molecule has 16 heavy (non-hydrogen) atoms. The molecule has 0 aliphatic heterocycles. The molecule has 98 valence electrons. The van der Waals surface area contributed by atoms with E-state index >= 15 is 0 Å². The maximum absolute atomic E-state index is 5.48. The third-order valence-corrected chi connectivity index (χ3v) is 2.13. The second-order valence-electron chi connectivity index (χ2n) is 4.31. The van der Waals surface area contributed by atoms with E-state index in [1.807, 2.05) is 0 Å². The number of likely N-dealkylation sites (N-methyl/N-ethyl adjacent to an activating group) is 1. The van der Waals surface area contributed by atoms with Gasteiger partial charge in [0.15, 0.2) is 0 Å². The molecule has 0 aromatic heterocycles. The number of rotatable bonds is 12. The summed E-state index contributed by atoms with van der Waals surface area (Å²) in [6.07, 6.45) is 0. The highest BCUT2D eigenvalue weighted by Crippen LogP contribution is 1.85. The second-order valence-corrected chi connectivity index (χ2v) is 4.31. The molecule has 4 heteroatoms. The monoisotopic (exact) mass is 231 g/mol. The average Bonchev–Trinajstić information content (AvgIpc) is 2.25. The first-order valence-corrected chi connectivity index (χ1v) is 6.47. The Morgan fingerprint density at radius 1 is 0.875 bits per heavy atom. The zero-order valence-electron chi connectivity index (χ0n) is 11.1. The number of ether oxygens (including phenoxy) is 1. The predicted molar refractivity (Wildman–Crippen MR) is 69.9 cm³/mol. The lowest BCUT2D eigenvalue weighted by atomic mass is 10.2. The zero-order chi connectivity index (χ0) is 12.1. The summed E-state index contributed by atoms with van der Waals surface area (Å²) in [5.41, 5.74) is 0. The van der Waals surface area contributed by atoms with Gasteiger partial charge >= 0.3 is 0 Å². The van der Waals surface area contributed by atoms with E-state index in [0.717, 1.165) is 52.5 Å². The van der Waals surface area contributed by atoms with Gasteiger partial charge in [-0.2, -0.15) is 0 Å². The van der Waals surface area contributed by atoms with Gasteiger partial charge in [0, 0.05) is 26.2 Å². The van der Waals surface area contributed by atoms with Crippen LogP contribution in [0.2, 0.25) is 0 Å². The van der Waals surface area contributed by atoms with E-state index in [0.29, 0.717) is 5.92 Å². The number of hydrogen-bond donors (Lipinski definition) is 3. The highest BCUT2D eigenvalue weighted by molar-refractivity contribution is 4.51. The molecule has 0 heterocycles. The van der Waals surface area contributed by atoms with Crippen LogP contribution in [0.4, 0.5) is 0 Å². The summed E-state index contributed by atoms with van der Waals surface area (Å²) >= 11 is 0. The lowest BCUT2D eigenvalue weighted by molar-refractivity contribution is 0.137. The van der Waals surface area contributed by atoms with E-state index in [2.05, 4.69) is 36.7 Å². The van der Waals surface area contributed by atoms with Crippen LogP contribution in [-0.4, -0.2) is 52.5 Å². The van der Waals surface area contributed by atoms with Crippen molar-refractivity contribution in [3.63, 3.8) is 0 Å². The van der Waals surface area contributed by atoms with Gasteiger partial charge in [0.1, 0.15) is 0 Å². The van der Waals surface area contributed by atoms with Crippen molar-refractivity contribution in [3.8, 4) is 0 Å². The molecular formula is C12H29N3O. The van der Waals surface area contributed by atoms with E-state index in [9.17, 15) is 0 Å². The molecule has 0 unspecified atom stereocenters. The van der Waals surface area contributed by atoms with Gasteiger partial charge in [-0.1, -0.05) is 20.8 Å². The minimum absolute atomic E-state index is 0.715. The Bertz CT molecular complexity index is 131. The fourth-order valence-electron chi connectivity index (χ4n) is 1.26. The van der Waals surface area contributed by atoms with E-state index in [4.69, 9.17) is 4.74 Å². The van der Waals surface area contributed by atoms with Crippen molar-refractivity contribution in [1.29, 1.82) is 0 Å². The Morgan fingerprint density at radius 2 is 1.50 bits per heavy atom. The summed E-state index contributed by atoms with van der Waals surface area (Å²) < 4.78 is 5.48. The van der Waals surface area contributed by atoms with E-state index in [1.165, 1.54) is 0 Å². The van der Waals surface area contributed by atoms with Crippen LogP contribution >= 0.6 is 0 Å². The summed E-state index contributed by atoms with van der Waals surface area (Å²) in [7, 11) is 0. The van der Waals surface area contributed by atoms with Crippen molar-refractivity contribution in [3.05, 3.63) is 0 Å². The molecule has 0 rings (SSSR count). The van der Waals surface area contributed by atoms with Crippen LogP contribution in [-0.2, 0) is 4.74 Å². The first-order valence-electron chi connectivity index (χ1n) is 6.47. The lowest BCUT2D eigenvalue weighted by Gasteiger charge is -2.08. The normalized spacial score (nSPS) is 11.2. The van der Waals surface area contributed by atoms with Gasteiger partial charge in [-0.05, 0) is 19.0 Å². The molecule has 0 radical (unpaired) electrons. The van der Waals surface area contributed by atoms with Gasteiger partial charge in [-0.25, -0.2) is 0 Å². The Morgan fingerprint density at radius 3 is 2.12 bits per heavy atom. The molecular weight excluding hydrogens is 202 g/mol. The van der Waals surface area contributed by atoms with E-state index < -0.39 is 0 Å². The van der Waals surface area contributed by atoms with Crippen LogP contribution in [0.3, 0.4) is 0 Å². The minimum Gasteiger partial charge on any atom is -0.379 e. The fourth-order valence-corrected chi connectivity index (χ4v) is 1.26. The molecule has 0 aliphatic carbocycles. The summed E-state index contributed by atoms with van der Waals surface area (Å²) in [5, 5.41) is 9.93. The molecule has 0 aliphatic rings. The molecule has 0 saturated carbocycles. The molecule has 0 atom stereocenters. The van der Waals surface area contributed by atoms with Gasteiger partial charge in [0.25, 0.3) is 0 Å². The van der Waals surface area contributed by atoms with Gasteiger partial charge in [0.2, 0.25) is 0 Å². The van der Waals surface area contributed by atoms with Gasteiger partial charge < -0.3 is 20.7 Å². The summed E-state index contributed by atoms with van der Waals surface area (Å²) in [4.78, 5) is 0. The van der Waals surface area contributed by atoms with Crippen molar-refractivity contribution in [2.75, 3.05) is 52.5 Å². The maximum atomic E-state index is 5.48. The number of nitrogens with one attached hydrogen (secondary N) is 3. The van der Waals surface area contributed by atoms with Crippen molar-refractivity contribution in [1.82, 2.24) is 16.0 Å².